The molecule has 3 rings (SSSR count). The second-order valence-corrected chi connectivity index (χ2v) is 5.43. The van der Waals surface area contributed by atoms with Gasteiger partial charge in [-0.05, 0) is 42.8 Å². The highest BCUT2D eigenvalue weighted by Crippen LogP contribution is 2.27. The molecule has 1 amide bonds. The minimum Gasteiger partial charge on any atom is -0.493 e. The fourth-order valence-corrected chi connectivity index (χ4v) is 2.43. The smallest absolute Gasteiger partial charge is 0.281 e. The van der Waals surface area contributed by atoms with Crippen LogP contribution >= 0.6 is 0 Å². The predicted molar refractivity (Wildman–Crippen MR) is 93.7 cm³/mol. The van der Waals surface area contributed by atoms with Crippen LogP contribution in [0.5, 0.6) is 11.5 Å². The van der Waals surface area contributed by atoms with Crippen LogP contribution in [0.2, 0.25) is 0 Å². The van der Waals surface area contributed by atoms with Crippen LogP contribution in [-0.2, 0) is 0 Å². The molecule has 0 radical (unpaired) electrons. The molecule has 1 aromatic carbocycles. The number of benzene rings is 1. The van der Waals surface area contributed by atoms with Crippen LogP contribution in [0.3, 0.4) is 0 Å². The van der Waals surface area contributed by atoms with Gasteiger partial charge in [-0.3, -0.25) is 14.0 Å². The molecule has 0 spiro atoms. The van der Waals surface area contributed by atoms with Crippen LogP contribution in [0.15, 0.2) is 47.5 Å². The molecule has 0 saturated heterocycles. The van der Waals surface area contributed by atoms with Crippen molar-refractivity contribution in [2.75, 3.05) is 19.5 Å². The Balaban J connectivity index is 1.93. The van der Waals surface area contributed by atoms with E-state index in [4.69, 9.17) is 9.47 Å². The van der Waals surface area contributed by atoms with Crippen LogP contribution in [0.4, 0.5) is 5.69 Å². The highest BCUT2D eigenvalue weighted by molar-refractivity contribution is 6.04. The van der Waals surface area contributed by atoms with Gasteiger partial charge >= 0.3 is 0 Å². The number of ether oxygens (including phenoxy) is 2. The topological polar surface area (TPSA) is 81.9 Å². The van der Waals surface area contributed by atoms with Crippen molar-refractivity contribution in [3.8, 4) is 11.5 Å². The van der Waals surface area contributed by atoms with E-state index in [1.807, 2.05) is 6.92 Å². The number of fused-ring (bicyclic) bond motifs is 1. The molecule has 2 aromatic heterocycles. The average molecular weight is 339 g/mol. The van der Waals surface area contributed by atoms with E-state index >= 15 is 0 Å². The Bertz CT molecular complexity index is 1010. The molecule has 3 aromatic rings. The molecule has 0 aliphatic carbocycles. The van der Waals surface area contributed by atoms with Crippen LogP contribution in [0, 0.1) is 6.92 Å². The number of nitrogens with one attached hydrogen (secondary N) is 1. The van der Waals surface area contributed by atoms with Gasteiger partial charge < -0.3 is 14.8 Å². The summed E-state index contributed by atoms with van der Waals surface area (Å²) in [5.41, 5.74) is 1.61. The first-order chi connectivity index (χ1) is 12.0. The molecule has 0 bridgehead atoms. The van der Waals surface area contributed by atoms with Gasteiger partial charge in [0.15, 0.2) is 11.5 Å². The second kappa shape index (κ2) is 6.64. The van der Waals surface area contributed by atoms with E-state index in [9.17, 15) is 9.59 Å². The van der Waals surface area contributed by atoms with E-state index in [1.54, 1.807) is 36.5 Å². The number of aryl methyl sites for hydroxylation is 1. The summed E-state index contributed by atoms with van der Waals surface area (Å²) in [5, 5.41) is 2.59. The monoisotopic (exact) mass is 339 g/mol. The van der Waals surface area contributed by atoms with Crippen molar-refractivity contribution in [2.45, 2.75) is 6.92 Å². The minimum atomic E-state index is -0.438. The lowest BCUT2D eigenvalue weighted by molar-refractivity contribution is 0.102. The van der Waals surface area contributed by atoms with Crippen LogP contribution in [-0.4, -0.2) is 29.5 Å². The summed E-state index contributed by atoms with van der Waals surface area (Å²) in [5.74, 6) is 0.507. The number of aromatic nitrogens is 2. The summed E-state index contributed by atoms with van der Waals surface area (Å²) in [6.07, 6.45) is 2.99. The number of hydrogen-bond acceptors (Lipinski definition) is 5. The first kappa shape index (κ1) is 16.5. The van der Waals surface area contributed by atoms with Gasteiger partial charge in [0.25, 0.3) is 11.5 Å². The highest BCUT2D eigenvalue weighted by atomic mass is 16.5. The molecule has 0 aliphatic heterocycles. The number of nitrogens with zero attached hydrogens (tertiary/aromatic N) is 2. The van der Waals surface area contributed by atoms with Gasteiger partial charge in [-0.25, -0.2) is 4.98 Å². The average Bonchev–Trinajstić information content (AvgIpc) is 2.63. The van der Waals surface area contributed by atoms with E-state index < -0.39 is 5.91 Å². The fourth-order valence-electron chi connectivity index (χ4n) is 2.43. The maximum absolute atomic E-state index is 12.5. The van der Waals surface area contributed by atoms with Crippen molar-refractivity contribution in [1.29, 1.82) is 0 Å². The Kier molecular flexibility index (Phi) is 4.38. The van der Waals surface area contributed by atoms with Gasteiger partial charge in [-0.2, -0.15) is 0 Å². The number of pyridine rings is 1. The van der Waals surface area contributed by atoms with E-state index in [-0.39, 0.29) is 11.2 Å². The van der Waals surface area contributed by atoms with E-state index in [0.717, 1.165) is 5.56 Å². The van der Waals surface area contributed by atoms with Gasteiger partial charge in [0.1, 0.15) is 11.3 Å². The normalized spacial score (nSPS) is 10.5. The first-order valence-electron chi connectivity index (χ1n) is 7.55. The zero-order valence-corrected chi connectivity index (χ0v) is 14.1. The Labute approximate surface area is 143 Å². The molecule has 0 unspecified atom stereocenters. The summed E-state index contributed by atoms with van der Waals surface area (Å²) in [6, 6.07) is 8.36. The standard InChI is InChI=1S/C18H17N3O4/c1-11-6-7-21-16(8-11)19-10-13(18(21)23)20-17(22)12-4-5-14(24-2)15(9-12)25-3/h4-10H,1-3H3,(H,20,22). The van der Waals surface area contributed by atoms with Crippen molar-refractivity contribution in [1.82, 2.24) is 9.38 Å². The van der Waals surface area contributed by atoms with Gasteiger partial charge in [0.2, 0.25) is 0 Å². The molecule has 1 N–H and O–H groups in total. The molecule has 25 heavy (non-hydrogen) atoms. The van der Waals surface area contributed by atoms with E-state index in [2.05, 4.69) is 10.3 Å². The molecular formula is C18H17N3O4. The maximum atomic E-state index is 12.5. The molecule has 7 nitrogen and oxygen atoms in total. The summed E-state index contributed by atoms with van der Waals surface area (Å²) >= 11 is 0. The number of amides is 1. The molecule has 128 valence electrons. The quantitative estimate of drug-likeness (QED) is 0.788. The van der Waals surface area contributed by atoms with Gasteiger partial charge in [-0.1, -0.05) is 0 Å². The summed E-state index contributed by atoms with van der Waals surface area (Å²) in [6.45, 7) is 1.92. The Hall–Kier alpha value is -3.35. The van der Waals surface area contributed by atoms with Crippen molar-refractivity contribution < 1.29 is 14.3 Å². The molecule has 0 aliphatic rings. The molecule has 2 heterocycles. The van der Waals surface area contributed by atoms with Crippen molar-refractivity contribution in [3.05, 3.63) is 64.2 Å². The Morgan fingerprint density at radius 3 is 2.60 bits per heavy atom. The van der Waals surface area contributed by atoms with Gasteiger partial charge in [-0.15, -0.1) is 0 Å². The largest absolute Gasteiger partial charge is 0.493 e. The van der Waals surface area contributed by atoms with Crippen molar-refractivity contribution in [3.63, 3.8) is 0 Å². The Morgan fingerprint density at radius 1 is 1.12 bits per heavy atom. The lowest BCUT2D eigenvalue weighted by atomic mass is 10.2. The van der Waals surface area contributed by atoms with Crippen LogP contribution in [0.1, 0.15) is 15.9 Å². The number of carbonyl (C=O) groups excluding carboxylic acids is 1. The van der Waals surface area contributed by atoms with E-state index in [1.165, 1.54) is 24.8 Å². The number of carbonyl (C=O) groups is 1. The molecule has 0 atom stereocenters. The van der Waals surface area contributed by atoms with Crippen LogP contribution in [0.25, 0.3) is 5.65 Å². The third-order valence-electron chi connectivity index (χ3n) is 3.76. The van der Waals surface area contributed by atoms with Gasteiger partial charge in [0.05, 0.1) is 20.4 Å². The summed E-state index contributed by atoms with van der Waals surface area (Å²) in [4.78, 5) is 29.1. The lowest BCUT2D eigenvalue weighted by Gasteiger charge is -2.10. The lowest BCUT2D eigenvalue weighted by Crippen LogP contribution is -2.23. The zero-order chi connectivity index (χ0) is 18.0. The maximum Gasteiger partial charge on any atom is 0.281 e. The number of hydrogen-bond donors (Lipinski definition) is 1. The summed E-state index contributed by atoms with van der Waals surface area (Å²) in [7, 11) is 3.00. The first-order valence-corrected chi connectivity index (χ1v) is 7.55. The van der Waals surface area contributed by atoms with Gasteiger partial charge in [0, 0.05) is 11.8 Å². The minimum absolute atomic E-state index is 0.0983. The fraction of sp³-hybridized carbons (Fsp3) is 0.167. The van der Waals surface area contributed by atoms with E-state index in [0.29, 0.717) is 22.7 Å². The molecule has 0 saturated carbocycles. The zero-order valence-electron chi connectivity index (χ0n) is 14.1. The third kappa shape index (κ3) is 3.16. The SMILES string of the molecule is COc1ccc(C(=O)Nc2cnc3cc(C)ccn3c2=O)cc1OC. The third-order valence-corrected chi connectivity index (χ3v) is 3.76. The van der Waals surface area contributed by atoms with Crippen molar-refractivity contribution in [2.24, 2.45) is 0 Å². The number of anilines is 1. The second-order valence-electron chi connectivity index (χ2n) is 5.43. The molecule has 0 fully saturated rings. The highest BCUT2D eigenvalue weighted by Gasteiger charge is 2.13. The predicted octanol–water partition coefficient (Wildman–Crippen LogP) is 2.27. The van der Waals surface area contributed by atoms with Crippen LogP contribution < -0.4 is 20.3 Å². The molecule has 7 heteroatoms. The molecular weight excluding hydrogens is 322 g/mol. The van der Waals surface area contributed by atoms with Crippen molar-refractivity contribution >= 4 is 17.2 Å². The Morgan fingerprint density at radius 2 is 1.88 bits per heavy atom. The number of rotatable bonds is 4. The summed E-state index contributed by atoms with van der Waals surface area (Å²) < 4.78 is 11.7. The number of methoxy groups -OCH3 is 2.